The first-order valence-corrected chi connectivity index (χ1v) is 6.00. The highest BCUT2D eigenvalue weighted by Crippen LogP contribution is 2.32. The molecule has 0 spiro atoms. The molecule has 0 bridgehead atoms. The number of carbonyl (C=O) groups is 1. The SMILES string of the molecule is CCCC1CCC(C(=O)N(C)OC)CC1. The lowest BCUT2D eigenvalue weighted by Crippen LogP contribution is -2.34. The summed E-state index contributed by atoms with van der Waals surface area (Å²) in [7, 11) is 3.24. The second-order valence-electron chi connectivity index (χ2n) is 4.52. The zero-order chi connectivity index (χ0) is 11.3. The molecule has 0 aliphatic heterocycles. The van der Waals surface area contributed by atoms with Gasteiger partial charge < -0.3 is 0 Å². The van der Waals surface area contributed by atoms with Gasteiger partial charge in [0, 0.05) is 13.0 Å². The molecule has 15 heavy (non-hydrogen) atoms. The molecule has 1 amide bonds. The van der Waals surface area contributed by atoms with Gasteiger partial charge in [0.2, 0.25) is 5.91 Å². The largest absolute Gasteiger partial charge is 0.275 e. The second kappa shape index (κ2) is 6.11. The van der Waals surface area contributed by atoms with Crippen LogP contribution < -0.4 is 0 Å². The van der Waals surface area contributed by atoms with E-state index in [9.17, 15) is 4.79 Å². The van der Waals surface area contributed by atoms with Crippen LogP contribution in [0.25, 0.3) is 0 Å². The topological polar surface area (TPSA) is 29.5 Å². The molecule has 0 atom stereocenters. The fourth-order valence-corrected chi connectivity index (χ4v) is 2.45. The number of hydrogen-bond acceptors (Lipinski definition) is 2. The van der Waals surface area contributed by atoms with Crippen molar-refractivity contribution < 1.29 is 9.63 Å². The van der Waals surface area contributed by atoms with Gasteiger partial charge in [-0.15, -0.1) is 0 Å². The molecular weight excluding hydrogens is 190 g/mol. The molecule has 1 fully saturated rings. The summed E-state index contributed by atoms with van der Waals surface area (Å²) in [6, 6.07) is 0. The molecule has 0 aromatic carbocycles. The fraction of sp³-hybridized carbons (Fsp3) is 0.917. The zero-order valence-corrected chi connectivity index (χ0v) is 10.2. The smallest absolute Gasteiger partial charge is 0.248 e. The van der Waals surface area contributed by atoms with Crippen molar-refractivity contribution in [2.45, 2.75) is 45.4 Å². The quantitative estimate of drug-likeness (QED) is 0.672. The van der Waals surface area contributed by atoms with Gasteiger partial charge in [-0.2, -0.15) is 0 Å². The summed E-state index contributed by atoms with van der Waals surface area (Å²) >= 11 is 0. The average molecular weight is 213 g/mol. The van der Waals surface area contributed by atoms with Crippen LogP contribution >= 0.6 is 0 Å². The lowest BCUT2D eigenvalue weighted by molar-refractivity contribution is -0.174. The van der Waals surface area contributed by atoms with Gasteiger partial charge in [0.05, 0.1) is 7.11 Å². The van der Waals surface area contributed by atoms with Crippen LogP contribution in [0.3, 0.4) is 0 Å². The monoisotopic (exact) mass is 213 g/mol. The molecule has 0 aromatic heterocycles. The maximum absolute atomic E-state index is 11.8. The van der Waals surface area contributed by atoms with Crippen molar-refractivity contribution >= 4 is 5.91 Å². The van der Waals surface area contributed by atoms with Crippen LogP contribution in [0, 0.1) is 11.8 Å². The van der Waals surface area contributed by atoms with Crippen molar-refractivity contribution in [1.82, 2.24) is 5.06 Å². The maximum Gasteiger partial charge on any atom is 0.248 e. The Hall–Kier alpha value is -0.570. The summed E-state index contributed by atoms with van der Waals surface area (Å²) in [5, 5.41) is 1.37. The van der Waals surface area contributed by atoms with Crippen LogP contribution in [-0.2, 0) is 9.63 Å². The van der Waals surface area contributed by atoms with Gasteiger partial charge in [0.25, 0.3) is 0 Å². The van der Waals surface area contributed by atoms with Crippen LogP contribution in [0.15, 0.2) is 0 Å². The molecule has 3 nitrogen and oxygen atoms in total. The molecule has 0 aromatic rings. The molecule has 1 rings (SSSR count). The van der Waals surface area contributed by atoms with Crippen molar-refractivity contribution in [3.05, 3.63) is 0 Å². The van der Waals surface area contributed by atoms with E-state index in [0.29, 0.717) is 0 Å². The van der Waals surface area contributed by atoms with Crippen molar-refractivity contribution in [3.8, 4) is 0 Å². The maximum atomic E-state index is 11.8. The lowest BCUT2D eigenvalue weighted by atomic mass is 9.80. The standard InChI is InChI=1S/C12H23NO2/c1-4-5-10-6-8-11(9-7-10)12(14)13(2)15-3/h10-11H,4-9H2,1-3H3. The summed E-state index contributed by atoms with van der Waals surface area (Å²) in [4.78, 5) is 16.7. The highest BCUT2D eigenvalue weighted by Gasteiger charge is 2.27. The Morgan fingerprint density at radius 1 is 1.33 bits per heavy atom. The first kappa shape index (κ1) is 12.5. The summed E-state index contributed by atoms with van der Waals surface area (Å²) in [5.74, 6) is 1.20. The van der Waals surface area contributed by atoms with E-state index in [1.54, 1.807) is 14.2 Å². The van der Waals surface area contributed by atoms with Crippen molar-refractivity contribution in [2.75, 3.05) is 14.2 Å². The lowest BCUT2D eigenvalue weighted by Gasteiger charge is -2.29. The van der Waals surface area contributed by atoms with Crippen LogP contribution in [0.2, 0.25) is 0 Å². The van der Waals surface area contributed by atoms with E-state index in [4.69, 9.17) is 4.84 Å². The van der Waals surface area contributed by atoms with E-state index < -0.39 is 0 Å². The Labute approximate surface area is 92.7 Å². The number of hydroxylamine groups is 2. The Morgan fingerprint density at radius 3 is 2.40 bits per heavy atom. The van der Waals surface area contributed by atoms with Crippen LogP contribution in [-0.4, -0.2) is 25.1 Å². The predicted molar refractivity (Wildman–Crippen MR) is 60.1 cm³/mol. The third-order valence-corrected chi connectivity index (χ3v) is 3.48. The van der Waals surface area contributed by atoms with E-state index >= 15 is 0 Å². The Bertz CT molecular complexity index is 198. The average Bonchev–Trinajstić information content (AvgIpc) is 2.28. The number of rotatable bonds is 4. The molecule has 1 aliphatic carbocycles. The first-order chi connectivity index (χ1) is 7.19. The molecule has 88 valence electrons. The van der Waals surface area contributed by atoms with Gasteiger partial charge in [-0.1, -0.05) is 19.8 Å². The molecule has 0 saturated heterocycles. The van der Waals surface area contributed by atoms with E-state index in [0.717, 1.165) is 18.8 Å². The van der Waals surface area contributed by atoms with Gasteiger partial charge in [-0.05, 0) is 31.6 Å². The molecule has 0 radical (unpaired) electrons. The van der Waals surface area contributed by atoms with Gasteiger partial charge >= 0.3 is 0 Å². The number of carbonyl (C=O) groups excluding carboxylic acids is 1. The molecular formula is C12H23NO2. The normalized spacial score (nSPS) is 26.3. The molecule has 1 aliphatic rings. The minimum Gasteiger partial charge on any atom is -0.275 e. The van der Waals surface area contributed by atoms with Crippen LogP contribution in [0.4, 0.5) is 0 Å². The molecule has 3 heteroatoms. The third-order valence-electron chi connectivity index (χ3n) is 3.48. The number of amides is 1. The Kier molecular flexibility index (Phi) is 5.09. The Balaban J connectivity index is 2.33. The van der Waals surface area contributed by atoms with Crippen molar-refractivity contribution in [1.29, 1.82) is 0 Å². The van der Waals surface area contributed by atoms with Crippen molar-refractivity contribution in [3.63, 3.8) is 0 Å². The van der Waals surface area contributed by atoms with Crippen LogP contribution in [0.1, 0.15) is 45.4 Å². The summed E-state index contributed by atoms with van der Waals surface area (Å²) in [5.41, 5.74) is 0. The van der Waals surface area contributed by atoms with Crippen LogP contribution in [0.5, 0.6) is 0 Å². The van der Waals surface area contributed by atoms with Gasteiger partial charge in [-0.25, -0.2) is 5.06 Å². The van der Waals surface area contributed by atoms with E-state index in [1.807, 2.05) is 0 Å². The van der Waals surface area contributed by atoms with E-state index in [-0.39, 0.29) is 11.8 Å². The van der Waals surface area contributed by atoms with Gasteiger partial charge in [0.15, 0.2) is 0 Å². The minimum absolute atomic E-state index is 0.146. The summed E-state index contributed by atoms with van der Waals surface area (Å²) in [6.45, 7) is 2.23. The first-order valence-electron chi connectivity index (χ1n) is 6.00. The van der Waals surface area contributed by atoms with E-state index in [2.05, 4.69) is 6.92 Å². The molecule has 1 saturated carbocycles. The van der Waals surface area contributed by atoms with Crippen molar-refractivity contribution in [2.24, 2.45) is 11.8 Å². The Morgan fingerprint density at radius 2 is 1.93 bits per heavy atom. The van der Waals surface area contributed by atoms with Gasteiger partial charge in [-0.3, -0.25) is 9.63 Å². The van der Waals surface area contributed by atoms with Gasteiger partial charge in [0.1, 0.15) is 0 Å². The predicted octanol–water partition coefficient (Wildman–Crippen LogP) is 2.61. The number of nitrogens with zero attached hydrogens (tertiary/aromatic N) is 1. The number of hydrogen-bond donors (Lipinski definition) is 0. The molecule has 0 heterocycles. The zero-order valence-electron chi connectivity index (χ0n) is 10.2. The molecule has 0 unspecified atom stereocenters. The summed E-state index contributed by atoms with van der Waals surface area (Å²) < 4.78 is 0. The summed E-state index contributed by atoms with van der Waals surface area (Å²) in [6.07, 6.45) is 7.08. The highest BCUT2D eigenvalue weighted by molar-refractivity contribution is 5.77. The fourth-order valence-electron chi connectivity index (χ4n) is 2.45. The minimum atomic E-state index is 0.146. The third kappa shape index (κ3) is 3.49. The van der Waals surface area contributed by atoms with E-state index in [1.165, 1.54) is 30.7 Å². The highest BCUT2D eigenvalue weighted by atomic mass is 16.7. The molecule has 0 N–H and O–H groups in total. The second-order valence-corrected chi connectivity index (χ2v) is 4.52.